The van der Waals surface area contributed by atoms with E-state index in [1.54, 1.807) is 14.2 Å². The van der Waals surface area contributed by atoms with E-state index >= 15 is 0 Å². The molecule has 1 fully saturated rings. The van der Waals surface area contributed by atoms with E-state index in [0.29, 0.717) is 39.4 Å². The third-order valence-electron chi connectivity index (χ3n) is 8.16. The average molecular weight is 606 g/mol. The van der Waals surface area contributed by atoms with Crippen molar-refractivity contribution in [2.75, 3.05) is 40.6 Å². The van der Waals surface area contributed by atoms with Crippen molar-refractivity contribution in [3.63, 3.8) is 0 Å². The van der Waals surface area contributed by atoms with Crippen LogP contribution in [0.25, 0.3) is 21.8 Å². The summed E-state index contributed by atoms with van der Waals surface area (Å²) in [4.78, 5) is 0. The minimum atomic E-state index is -0.389. The SMILES string of the molecule is COB(OC)c1cccc(C[n+]2cccc3c4ccc[n+](Cc5cc(COCCCO)cc(B6OCCCO6)c5)c4ccc32)c1. The van der Waals surface area contributed by atoms with Gasteiger partial charge in [0.15, 0.2) is 25.5 Å². The second-order valence-corrected chi connectivity index (χ2v) is 11.4. The fourth-order valence-corrected chi connectivity index (χ4v) is 6.13. The molecular formula is C35H40B2N2O6+2. The third kappa shape index (κ3) is 7.44. The molecule has 8 nitrogen and oxygen atoms in total. The van der Waals surface area contributed by atoms with E-state index in [4.69, 9.17) is 28.5 Å². The van der Waals surface area contributed by atoms with Crippen LogP contribution >= 0.6 is 0 Å². The van der Waals surface area contributed by atoms with E-state index in [1.807, 2.05) is 12.1 Å². The fourth-order valence-electron chi connectivity index (χ4n) is 6.13. The van der Waals surface area contributed by atoms with Crippen LogP contribution in [0, 0.1) is 0 Å². The van der Waals surface area contributed by atoms with Crippen LogP contribution in [0.3, 0.4) is 0 Å². The minimum absolute atomic E-state index is 0.123. The second kappa shape index (κ2) is 15.1. The number of rotatable bonds is 13. The molecule has 0 spiro atoms. The Kier molecular flexibility index (Phi) is 10.5. The van der Waals surface area contributed by atoms with Crippen LogP contribution in [0.15, 0.2) is 91.3 Å². The van der Waals surface area contributed by atoms with Crippen molar-refractivity contribution in [2.45, 2.75) is 32.5 Å². The first-order valence-electron chi connectivity index (χ1n) is 15.6. The molecule has 0 radical (unpaired) electrons. The molecule has 0 saturated carbocycles. The molecule has 2 aromatic heterocycles. The summed E-state index contributed by atoms with van der Waals surface area (Å²) < 4.78 is 33.3. The number of nitrogens with zero attached hydrogens (tertiary/aromatic N) is 2. The van der Waals surface area contributed by atoms with Gasteiger partial charge in [-0.15, -0.1) is 0 Å². The van der Waals surface area contributed by atoms with Gasteiger partial charge in [-0.1, -0.05) is 36.4 Å². The molecule has 1 saturated heterocycles. The van der Waals surface area contributed by atoms with Gasteiger partial charge in [-0.25, -0.2) is 0 Å². The predicted octanol–water partition coefficient (Wildman–Crippen LogP) is 2.68. The largest absolute Gasteiger partial charge is 0.493 e. The molecule has 0 unspecified atom stereocenters. The Hall–Kier alpha value is -3.63. The highest BCUT2D eigenvalue weighted by molar-refractivity contribution is 6.61. The van der Waals surface area contributed by atoms with Crippen molar-refractivity contribution < 1.29 is 37.6 Å². The van der Waals surface area contributed by atoms with Crippen molar-refractivity contribution in [2.24, 2.45) is 0 Å². The Balaban J connectivity index is 1.31. The quantitative estimate of drug-likeness (QED) is 0.0963. The first-order chi connectivity index (χ1) is 22.2. The first kappa shape index (κ1) is 31.4. The van der Waals surface area contributed by atoms with Crippen molar-refractivity contribution >= 4 is 47.0 Å². The minimum Gasteiger partial charge on any atom is -0.410 e. The van der Waals surface area contributed by atoms with Gasteiger partial charge in [-0.2, -0.15) is 9.13 Å². The molecule has 0 aliphatic carbocycles. The van der Waals surface area contributed by atoms with Crippen LogP contribution in [-0.4, -0.2) is 60.0 Å². The molecular weight excluding hydrogens is 566 g/mol. The van der Waals surface area contributed by atoms with Crippen molar-refractivity contribution in [3.8, 4) is 0 Å². The summed E-state index contributed by atoms with van der Waals surface area (Å²) in [5.74, 6) is 0. The van der Waals surface area contributed by atoms with Crippen molar-refractivity contribution in [1.82, 2.24) is 0 Å². The summed E-state index contributed by atoms with van der Waals surface area (Å²) in [5, 5.41) is 11.5. The number of pyridine rings is 2. The molecule has 1 aliphatic heterocycles. The number of hydrogen-bond donors (Lipinski definition) is 1. The normalized spacial score (nSPS) is 13.5. The number of ether oxygens (including phenoxy) is 1. The lowest BCUT2D eigenvalue weighted by Crippen LogP contribution is -2.42. The molecule has 5 aromatic rings. The zero-order chi connectivity index (χ0) is 31.0. The standard InChI is InChI=1S/C35H40B2N2O6/c1-41-36(42-2)30-9-3-8-27(21-30)24-38-14-4-10-32-33-11-5-15-39(35(33)13-12-34(32)38)25-28-20-29(26-43-17-6-16-40)23-31(22-28)37-44-18-7-19-45-37/h3-5,8-15,20-23,40H,6-7,16-19,24-26H2,1-2H3/q+2. The smallest absolute Gasteiger partial charge is 0.410 e. The number of aliphatic hydroxyl groups excluding tert-OH is 1. The predicted molar refractivity (Wildman–Crippen MR) is 176 cm³/mol. The maximum absolute atomic E-state index is 9.14. The average Bonchev–Trinajstić information content (AvgIpc) is 3.08. The molecule has 1 N–H and O–H groups in total. The number of hydrogen-bond acceptors (Lipinski definition) is 6. The summed E-state index contributed by atoms with van der Waals surface area (Å²) in [6.07, 6.45) is 5.79. The maximum Gasteiger partial charge on any atom is 0.493 e. The first-order valence-corrected chi connectivity index (χ1v) is 15.6. The lowest BCUT2D eigenvalue weighted by molar-refractivity contribution is -0.664. The van der Waals surface area contributed by atoms with Crippen LogP contribution in [0.2, 0.25) is 0 Å². The number of benzene rings is 3. The molecule has 230 valence electrons. The van der Waals surface area contributed by atoms with Crippen LogP contribution < -0.4 is 20.1 Å². The lowest BCUT2D eigenvalue weighted by Gasteiger charge is -2.21. The van der Waals surface area contributed by atoms with Crippen LogP contribution in [0.1, 0.15) is 29.5 Å². The summed E-state index contributed by atoms with van der Waals surface area (Å²) in [7, 11) is 2.55. The molecule has 1 aliphatic rings. The summed E-state index contributed by atoms with van der Waals surface area (Å²) in [5.41, 5.74) is 7.72. The third-order valence-corrected chi connectivity index (χ3v) is 8.16. The second-order valence-electron chi connectivity index (χ2n) is 11.4. The van der Waals surface area contributed by atoms with E-state index in [1.165, 1.54) is 21.9 Å². The molecule has 45 heavy (non-hydrogen) atoms. The number of aliphatic hydroxyl groups is 1. The van der Waals surface area contributed by atoms with Gasteiger partial charge in [0.25, 0.3) is 0 Å². The Morgan fingerprint density at radius 1 is 0.778 bits per heavy atom. The molecule has 0 amide bonds. The molecule has 3 aromatic carbocycles. The van der Waals surface area contributed by atoms with Gasteiger partial charge in [-0.3, -0.25) is 0 Å². The van der Waals surface area contributed by atoms with Crippen molar-refractivity contribution in [1.29, 1.82) is 0 Å². The molecule has 6 rings (SSSR count). The highest BCUT2D eigenvalue weighted by atomic mass is 16.6. The molecule has 3 heterocycles. The van der Waals surface area contributed by atoms with Crippen molar-refractivity contribution in [3.05, 3.63) is 108 Å². The van der Waals surface area contributed by atoms with Gasteiger partial charge in [0.05, 0.1) is 17.4 Å². The van der Waals surface area contributed by atoms with E-state index in [0.717, 1.165) is 40.5 Å². The van der Waals surface area contributed by atoms with Gasteiger partial charge in [0, 0.05) is 76.0 Å². The summed E-state index contributed by atoms with van der Waals surface area (Å²) in [6.45, 7) is 3.90. The highest BCUT2D eigenvalue weighted by Crippen LogP contribution is 2.22. The zero-order valence-electron chi connectivity index (χ0n) is 26.1. The number of aromatic nitrogens is 2. The maximum atomic E-state index is 9.14. The lowest BCUT2D eigenvalue weighted by atomic mass is 9.76. The zero-order valence-corrected chi connectivity index (χ0v) is 26.1. The molecule has 0 bridgehead atoms. The highest BCUT2D eigenvalue weighted by Gasteiger charge is 2.26. The van der Waals surface area contributed by atoms with Gasteiger partial charge in [-0.05, 0) is 47.5 Å². The van der Waals surface area contributed by atoms with E-state index in [-0.39, 0.29) is 20.8 Å². The van der Waals surface area contributed by atoms with Crippen LogP contribution in [0.5, 0.6) is 0 Å². The van der Waals surface area contributed by atoms with Gasteiger partial charge < -0.3 is 28.5 Å². The van der Waals surface area contributed by atoms with Gasteiger partial charge in [0.1, 0.15) is 0 Å². The Labute approximate surface area is 265 Å². The molecule has 10 heteroatoms. The number of fused-ring (bicyclic) bond motifs is 3. The van der Waals surface area contributed by atoms with Crippen LogP contribution in [0.4, 0.5) is 0 Å². The van der Waals surface area contributed by atoms with E-state index in [2.05, 4.69) is 88.3 Å². The summed E-state index contributed by atoms with van der Waals surface area (Å²) >= 11 is 0. The Morgan fingerprint density at radius 3 is 2.11 bits per heavy atom. The van der Waals surface area contributed by atoms with E-state index < -0.39 is 0 Å². The van der Waals surface area contributed by atoms with Crippen LogP contribution in [-0.2, 0) is 43.1 Å². The van der Waals surface area contributed by atoms with E-state index in [9.17, 15) is 0 Å². The van der Waals surface area contributed by atoms with Gasteiger partial charge in [0.2, 0.25) is 11.0 Å². The fraction of sp³-hybridized carbons (Fsp3) is 0.314. The topological polar surface area (TPSA) is 74.1 Å². The monoisotopic (exact) mass is 606 g/mol. The van der Waals surface area contributed by atoms with Gasteiger partial charge >= 0.3 is 14.2 Å². The Bertz CT molecular complexity index is 1740. The summed E-state index contributed by atoms with van der Waals surface area (Å²) in [6, 6.07) is 27.9. The Morgan fingerprint density at radius 2 is 1.44 bits per heavy atom. The molecule has 0 atom stereocenters.